The van der Waals surface area contributed by atoms with Crippen LogP contribution in [0.2, 0.25) is 0 Å². The molecule has 4 aliphatic rings. The number of anilines is 5. The summed E-state index contributed by atoms with van der Waals surface area (Å²) in [4.78, 5) is 5.44. The van der Waals surface area contributed by atoms with Crippen LogP contribution in [0.25, 0.3) is 21.9 Å². The SMILES string of the molecule is Cc1cc2c3c(c1)N1c4c(cc(C(C)(C)C)cc4C4(C)CCCCC14C)B3c1ccc3oc4ccccc4c3c1N2c1ccc(C(C)(C)C)cc1. The zero-order valence-electron chi connectivity index (χ0n) is 31.8. The van der Waals surface area contributed by atoms with Crippen molar-refractivity contribution in [1.29, 1.82) is 0 Å². The molecular weight excluding hydrogens is 619 g/mol. The van der Waals surface area contributed by atoms with Crippen LogP contribution in [0, 0.1) is 6.92 Å². The normalized spacial score (nSPS) is 21.9. The number of nitrogens with zero attached hydrogens (tertiary/aromatic N) is 2. The molecule has 3 aliphatic heterocycles. The summed E-state index contributed by atoms with van der Waals surface area (Å²) in [5.74, 6) is 0. The van der Waals surface area contributed by atoms with E-state index in [9.17, 15) is 0 Å². The van der Waals surface area contributed by atoms with E-state index in [2.05, 4.69) is 157 Å². The van der Waals surface area contributed by atoms with E-state index in [1.54, 1.807) is 5.56 Å². The summed E-state index contributed by atoms with van der Waals surface area (Å²) in [6.07, 6.45) is 4.99. The van der Waals surface area contributed by atoms with E-state index < -0.39 is 0 Å². The van der Waals surface area contributed by atoms with E-state index in [0.29, 0.717) is 0 Å². The summed E-state index contributed by atoms with van der Waals surface area (Å²) in [7, 11) is 0. The number of benzene rings is 5. The van der Waals surface area contributed by atoms with Gasteiger partial charge in [-0.25, -0.2) is 0 Å². The second-order valence-electron chi connectivity index (χ2n) is 18.6. The summed E-state index contributed by atoms with van der Waals surface area (Å²) in [5, 5.41) is 2.38. The first-order valence-corrected chi connectivity index (χ1v) is 19.2. The molecule has 0 N–H and O–H groups in total. The minimum atomic E-state index is -0.00441. The van der Waals surface area contributed by atoms with Gasteiger partial charge in [0.05, 0.1) is 16.6 Å². The molecule has 0 amide bonds. The van der Waals surface area contributed by atoms with Gasteiger partial charge in [-0.15, -0.1) is 0 Å². The summed E-state index contributed by atoms with van der Waals surface area (Å²) < 4.78 is 6.62. The number of fused-ring (bicyclic) bond motifs is 11. The van der Waals surface area contributed by atoms with Crippen molar-refractivity contribution < 1.29 is 4.42 Å². The van der Waals surface area contributed by atoms with E-state index in [4.69, 9.17) is 4.42 Å². The average molecular weight is 669 g/mol. The zero-order valence-corrected chi connectivity index (χ0v) is 31.8. The molecule has 51 heavy (non-hydrogen) atoms. The third-order valence-corrected chi connectivity index (χ3v) is 13.5. The van der Waals surface area contributed by atoms with Gasteiger partial charge < -0.3 is 14.2 Å². The lowest BCUT2D eigenvalue weighted by Crippen LogP contribution is -2.64. The summed E-state index contributed by atoms with van der Waals surface area (Å²) in [6, 6.07) is 32.8. The van der Waals surface area contributed by atoms with Gasteiger partial charge in [-0.05, 0) is 113 Å². The molecule has 0 bridgehead atoms. The molecular formula is C47H49BN2O. The predicted molar refractivity (Wildman–Crippen MR) is 218 cm³/mol. The van der Waals surface area contributed by atoms with E-state index in [1.807, 2.05) is 0 Å². The largest absolute Gasteiger partial charge is 0.456 e. The van der Waals surface area contributed by atoms with Gasteiger partial charge in [0, 0.05) is 33.6 Å². The highest BCUT2D eigenvalue weighted by Crippen LogP contribution is 2.62. The Morgan fingerprint density at radius 2 is 1.39 bits per heavy atom. The van der Waals surface area contributed by atoms with Crippen molar-refractivity contribution in [2.45, 2.75) is 110 Å². The van der Waals surface area contributed by atoms with Crippen LogP contribution in [0.4, 0.5) is 28.4 Å². The summed E-state index contributed by atoms with van der Waals surface area (Å²) in [5.41, 5.74) is 18.6. The highest BCUT2D eigenvalue weighted by molar-refractivity contribution is 7.00. The molecule has 1 aromatic heterocycles. The Bertz CT molecular complexity index is 2460. The quantitative estimate of drug-likeness (QED) is 0.162. The molecule has 1 fully saturated rings. The first-order chi connectivity index (χ1) is 24.2. The second kappa shape index (κ2) is 9.91. The van der Waals surface area contributed by atoms with Gasteiger partial charge in [0.1, 0.15) is 11.2 Å². The molecule has 0 spiro atoms. The van der Waals surface area contributed by atoms with E-state index in [0.717, 1.165) is 11.2 Å². The number of rotatable bonds is 1. The molecule has 4 heterocycles. The van der Waals surface area contributed by atoms with Crippen molar-refractivity contribution in [2.75, 3.05) is 9.80 Å². The fourth-order valence-corrected chi connectivity index (χ4v) is 10.6. The summed E-state index contributed by atoms with van der Waals surface area (Å²) in [6.45, 7) is 21.7. The van der Waals surface area contributed by atoms with Gasteiger partial charge in [0.15, 0.2) is 0 Å². The second-order valence-corrected chi connectivity index (χ2v) is 18.6. The molecule has 3 nitrogen and oxygen atoms in total. The maximum atomic E-state index is 6.62. The van der Waals surface area contributed by atoms with Crippen LogP contribution in [-0.4, -0.2) is 12.3 Å². The van der Waals surface area contributed by atoms with Crippen LogP contribution in [0.5, 0.6) is 0 Å². The van der Waals surface area contributed by atoms with Crippen molar-refractivity contribution in [3.8, 4) is 0 Å². The van der Waals surface area contributed by atoms with Crippen molar-refractivity contribution >= 4 is 73.5 Å². The van der Waals surface area contributed by atoms with Crippen LogP contribution in [0.3, 0.4) is 0 Å². The number of furan rings is 1. The maximum absolute atomic E-state index is 6.62. The molecule has 2 unspecified atom stereocenters. The van der Waals surface area contributed by atoms with Crippen LogP contribution >= 0.6 is 0 Å². The highest BCUT2D eigenvalue weighted by Gasteiger charge is 2.61. The lowest BCUT2D eigenvalue weighted by atomic mass is 9.33. The number of para-hydroxylation sites is 1. The van der Waals surface area contributed by atoms with Gasteiger partial charge in [-0.1, -0.05) is 110 Å². The zero-order chi connectivity index (χ0) is 35.4. The van der Waals surface area contributed by atoms with E-state index in [1.165, 1.54) is 98.0 Å². The minimum Gasteiger partial charge on any atom is -0.456 e. The van der Waals surface area contributed by atoms with Crippen molar-refractivity contribution in [2.24, 2.45) is 0 Å². The molecule has 2 atom stereocenters. The van der Waals surface area contributed by atoms with Gasteiger partial charge in [-0.2, -0.15) is 0 Å². The molecule has 256 valence electrons. The fourth-order valence-electron chi connectivity index (χ4n) is 10.6. The lowest BCUT2D eigenvalue weighted by Gasteiger charge is -2.52. The molecule has 1 saturated carbocycles. The minimum absolute atomic E-state index is 0.00441. The van der Waals surface area contributed by atoms with E-state index in [-0.39, 0.29) is 28.5 Å². The molecule has 4 heteroatoms. The number of aryl methyl sites for hydroxylation is 1. The Morgan fingerprint density at radius 1 is 0.686 bits per heavy atom. The van der Waals surface area contributed by atoms with Crippen molar-refractivity contribution in [3.05, 3.63) is 107 Å². The fraction of sp³-hybridized carbons (Fsp3) is 0.362. The van der Waals surface area contributed by atoms with Gasteiger partial charge in [0.2, 0.25) is 0 Å². The first kappa shape index (κ1) is 31.3. The Balaban J connectivity index is 1.37. The number of hydrogen-bond donors (Lipinski definition) is 0. The molecule has 0 saturated heterocycles. The molecule has 5 aromatic carbocycles. The highest BCUT2D eigenvalue weighted by atomic mass is 16.3. The van der Waals surface area contributed by atoms with Crippen LogP contribution in [-0.2, 0) is 16.2 Å². The lowest BCUT2D eigenvalue weighted by molar-refractivity contribution is 0.195. The average Bonchev–Trinajstić information content (AvgIpc) is 3.56. The third kappa shape index (κ3) is 3.97. The van der Waals surface area contributed by atoms with Gasteiger partial charge in [0.25, 0.3) is 6.71 Å². The molecule has 10 rings (SSSR count). The molecule has 0 radical (unpaired) electrons. The smallest absolute Gasteiger partial charge is 0.252 e. The Hall–Kier alpha value is -4.44. The summed E-state index contributed by atoms with van der Waals surface area (Å²) >= 11 is 0. The van der Waals surface area contributed by atoms with Gasteiger partial charge >= 0.3 is 0 Å². The van der Waals surface area contributed by atoms with Crippen LogP contribution in [0.15, 0.2) is 89.3 Å². The Morgan fingerprint density at radius 3 is 2.14 bits per heavy atom. The third-order valence-electron chi connectivity index (χ3n) is 13.5. The Labute approximate surface area is 303 Å². The molecule has 6 aromatic rings. The Kier molecular flexibility index (Phi) is 6.08. The topological polar surface area (TPSA) is 19.6 Å². The van der Waals surface area contributed by atoms with Crippen molar-refractivity contribution in [1.82, 2.24) is 0 Å². The van der Waals surface area contributed by atoms with Crippen LogP contribution in [0.1, 0.15) is 103 Å². The molecule has 1 aliphatic carbocycles. The predicted octanol–water partition coefficient (Wildman–Crippen LogP) is 10.8. The number of hydrogen-bond acceptors (Lipinski definition) is 3. The van der Waals surface area contributed by atoms with Crippen molar-refractivity contribution in [3.63, 3.8) is 0 Å². The maximum Gasteiger partial charge on any atom is 0.252 e. The van der Waals surface area contributed by atoms with Crippen LogP contribution < -0.4 is 26.2 Å². The first-order valence-electron chi connectivity index (χ1n) is 19.2. The van der Waals surface area contributed by atoms with Gasteiger partial charge in [-0.3, -0.25) is 0 Å². The monoisotopic (exact) mass is 668 g/mol. The van der Waals surface area contributed by atoms with E-state index >= 15 is 0 Å². The standard InChI is InChI=1S/C47H49BN2O/c1-28-24-36-41-37(25-28)50-42-33(46(8)22-12-13-23-47(46,50)9)26-30(45(5,6)7)27-35(42)48(41)34-20-21-39-40(32-14-10-11-15-38(32)51-39)43(34)49(36)31-18-16-29(17-19-31)44(2,3)4/h10-11,14-21,24-27H,12-13,22-23H2,1-9H3.